The van der Waals surface area contributed by atoms with E-state index in [0.29, 0.717) is 18.4 Å². The Morgan fingerprint density at radius 1 is 0.821 bits per heavy atom. The van der Waals surface area contributed by atoms with Gasteiger partial charge in [-0.2, -0.15) is 13.2 Å². The molecule has 0 aliphatic rings. The highest BCUT2D eigenvalue weighted by molar-refractivity contribution is 5.95. The van der Waals surface area contributed by atoms with Crippen LogP contribution in [0, 0.1) is 0 Å². The minimum atomic E-state index is -4.47. The molecule has 2 N–H and O–H groups in total. The maximum atomic E-state index is 13.9. The van der Waals surface area contributed by atoms with Crippen molar-refractivity contribution in [2.45, 2.75) is 103 Å². The molecule has 1 aromatic rings. The molecule has 5 heteroatoms. The first-order valence-electron chi connectivity index (χ1n) is 10.8. The lowest BCUT2D eigenvalue weighted by Gasteiger charge is -2.20. The van der Waals surface area contributed by atoms with Gasteiger partial charge in [-0.05, 0) is 42.9 Å². The van der Waals surface area contributed by atoms with Gasteiger partial charge in [-0.1, -0.05) is 77.7 Å². The molecule has 160 valence electrons. The maximum absolute atomic E-state index is 13.9. The van der Waals surface area contributed by atoms with Crippen LogP contribution in [0.15, 0.2) is 12.1 Å². The molecule has 1 rings (SSSR count). The molecule has 28 heavy (non-hydrogen) atoms. The van der Waals surface area contributed by atoms with Crippen LogP contribution >= 0.6 is 0 Å². The molecular weight excluding hydrogens is 363 g/mol. The Bertz CT molecular complexity index is 596. The second-order valence-corrected chi connectivity index (χ2v) is 7.67. The number of carbonyl (C=O) groups excluding carboxylic acids is 1. The Labute approximate surface area is 168 Å². The number of hydrogen-bond donors (Lipinski definition) is 1. The number of rotatable bonds is 14. The van der Waals surface area contributed by atoms with Crippen LogP contribution in [-0.2, 0) is 19.0 Å². The fourth-order valence-corrected chi connectivity index (χ4v) is 3.75. The topological polar surface area (TPSA) is 43.1 Å². The normalized spacial score (nSPS) is 11.8. The standard InChI is InChI=1S/C23H36F3NO/c1-3-5-7-9-11-13-15-19-20(22(27)28)17-16-18(21(19)23(24,25)26)14-12-10-8-6-4-2/h16-17H,3-15H2,1-2H3,(H2,27,28). The molecule has 0 aliphatic heterocycles. The van der Waals surface area contributed by atoms with Crippen LogP contribution in [0.3, 0.4) is 0 Å². The van der Waals surface area contributed by atoms with Crippen molar-refractivity contribution in [1.82, 2.24) is 0 Å². The van der Waals surface area contributed by atoms with Crippen LogP contribution in [-0.4, -0.2) is 5.91 Å². The molecule has 0 heterocycles. The van der Waals surface area contributed by atoms with Gasteiger partial charge in [0.25, 0.3) is 0 Å². The van der Waals surface area contributed by atoms with E-state index in [1.807, 2.05) is 0 Å². The molecule has 0 saturated carbocycles. The van der Waals surface area contributed by atoms with E-state index in [1.165, 1.54) is 12.1 Å². The van der Waals surface area contributed by atoms with Crippen molar-refractivity contribution in [3.05, 3.63) is 34.4 Å². The molecule has 0 bridgehead atoms. The lowest BCUT2D eigenvalue weighted by atomic mass is 9.89. The van der Waals surface area contributed by atoms with Crippen molar-refractivity contribution >= 4 is 5.91 Å². The van der Waals surface area contributed by atoms with E-state index in [9.17, 15) is 18.0 Å². The largest absolute Gasteiger partial charge is 0.416 e. The van der Waals surface area contributed by atoms with Gasteiger partial charge >= 0.3 is 6.18 Å². The van der Waals surface area contributed by atoms with Crippen molar-refractivity contribution in [2.75, 3.05) is 0 Å². The van der Waals surface area contributed by atoms with Crippen molar-refractivity contribution in [3.8, 4) is 0 Å². The highest BCUT2D eigenvalue weighted by Gasteiger charge is 2.37. The fourth-order valence-electron chi connectivity index (χ4n) is 3.75. The molecule has 0 aromatic heterocycles. The highest BCUT2D eigenvalue weighted by atomic mass is 19.4. The number of primary amides is 1. The molecule has 2 nitrogen and oxygen atoms in total. The minimum Gasteiger partial charge on any atom is -0.366 e. The highest BCUT2D eigenvalue weighted by Crippen LogP contribution is 2.38. The Kier molecular flexibility index (Phi) is 11.2. The van der Waals surface area contributed by atoms with E-state index in [0.717, 1.165) is 64.2 Å². The number of amides is 1. The number of hydrogen-bond acceptors (Lipinski definition) is 1. The van der Waals surface area contributed by atoms with Crippen LogP contribution < -0.4 is 5.73 Å². The number of carbonyl (C=O) groups is 1. The van der Waals surface area contributed by atoms with E-state index >= 15 is 0 Å². The van der Waals surface area contributed by atoms with Gasteiger partial charge < -0.3 is 5.73 Å². The summed E-state index contributed by atoms with van der Waals surface area (Å²) < 4.78 is 41.7. The van der Waals surface area contributed by atoms with E-state index in [4.69, 9.17) is 5.73 Å². The predicted molar refractivity (Wildman–Crippen MR) is 110 cm³/mol. The van der Waals surface area contributed by atoms with Gasteiger partial charge in [-0.25, -0.2) is 0 Å². The summed E-state index contributed by atoms with van der Waals surface area (Å²) in [6.45, 7) is 4.24. The average molecular weight is 400 g/mol. The third-order valence-electron chi connectivity index (χ3n) is 5.28. The molecule has 0 fully saturated rings. The Morgan fingerprint density at radius 2 is 1.32 bits per heavy atom. The van der Waals surface area contributed by atoms with Gasteiger partial charge in [0, 0.05) is 5.56 Å². The first-order valence-corrected chi connectivity index (χ1v) is 10.8. The number of halogens is 3. The second-order valence-electron chi connectivity index (χ2n) is 7.67. The Balaban J connectivity index is 2.99. The third kappa shape index (κ3) is 8.24. The summed E-state index contributed by atoms with van der Waals surface area (Å²) in [6.07, 6.45) is 6.99. The van der Waals surface area contributed by atoms with Crippen LogP contribution in [0.4, 0.5) is 13.2 Å². The SMILES string of the molecule is CCCCCCCCc1c(C(N)=O)ccc(CCCCCCC)c1C(F)(F)F. The van der Waals surface area contributed by atoms with Crippen molar-refractivity contribution < 1.29 is 18.0 Å². The molecule has 0 saturated heterocycles. The maximum Gasteiger partial charge on any atom is 0.416 e. The quantitative estimate of drug-likeness (QED) is 0.330. The Morgan fingerprint density at radius 3 is 1.82 bits per heavy atom. The zero-order chi connectivity index (χ0) is 21.0. The summed E-state index contributed by atoms with van der Waals surface area (Å²) in [5.74, 6) is -0.777. The summed E-state index contributed by atoms with van der Waals surface area (Å²) in [5, 5.41) is 0. The summed E-state index contributed by atoms with van der Waals surface area (Å²) in [4.78, 5) is 11.8. The van der Waals surface area contributed by atoms with E-state index in [-0.39, 0.29) is 17.5 Å². The molecule has 1 amide bonds. The van der Waals surface area contributed by atoms with Crippen molar-refractivity contribution in [2.24, 2.45) is 5.73 Å². The number of benzene rings is 1. The summed E-state index contributed by atoms with van der Waals surface area (Å²) in [6, 6.07) is 2.94. The Hall–Kier alpha value is -1.52. The molecular formula is C23H36F3NO. The molecule has 0 radical (unpaired) electrons. The summed E-state index contributed by atoms with van der Waals surface area (Å²) in [5.41, 5.74) is 5.20. The van der Waals surface area contributed by atoms with Crippen LogP contribution in [0.5, 0.6) is 0 Å². The molecule has 0 spiro atoms. The van der Waals surface area contributed by atoms with Crippen LogP contribution in [0.25, 0.3) is 0 Å². The van der Waals surface area contributed by atoms with E-state index < -0.39 is 17.6 Å². The average Bonchev–Trinajstić information content (AvgIpc) is 2.63. The second kappa shape index (κ2) is 12.8. The van der Waals surface area contributed by atoms with Crippen LogP contribution in [0.2, 0.25) is 0 Å². The number of unbranched alkanes of at least 4 members (excludes halogenated alkanes) is 9. The van der Waals surface area contributed by atoms with Crippen LogP contribution in [0.1, 0.15) is 112 Å². The monoisotopic (exact) mass is 399 g/mol. The van der Waals surface area contributed by atoms with Crippen molar-refractivity contribution in [1.29, 1.82) is 0 Å². The van der Waals surface area contributed by atoms with Gasteiger partial charge in [-0.15, -0.1) is 0 Å². The third-order valence-corrected chi connectivity index (χ3v) is 5.28. The molecule has 0 unspecified atom stereocenters. The van der Waals surface area contributed by atoms with Gasteiger partial charge in [0.2, 0.25) is 5.91 Å². The fraction of sp³-hybridized carbons (Fsp3) is 0.696. The predicted octanol–water partition coefficient (Wildman–Crippen LogP) is 7.22. The van der Waals surface area contributed by atoms with Gasteiger partial charge in [-0.3, -0.25) is 4.79 Å². The lowest BCUT2D eigenvalue weighted by molar-refractivity contribution is -0.138. The van der Waals surface area contributed by atoms with Gasteiger partial charge in [0.1, 0.15) is 0 Å². The molecule has 0 aliphatic carbocycles. The number of alkyl halides is 3. The number of aryl methyl sites for hydroxylation is 1. The first kappa shape index (κ1) is 24.5. The summed E-state index contributed by atoms with van der Waals surface area (Å²) >= 11 is 0. The van der Waals surface area contributed by atoms with E-state index in [2.05, 4.69) is 13.8 Å². The van der Waals surface area contributed by atoms with Crippen molar-refractivity contribution in [3.63, 3.8) is 0 Å². The zero-order valence-electron chi connectivity index (χ0n) is 17.5. The first-order chi connectivity index (χ1) is 13.3. The minimum absolute atomic E-state index is 0.0237. The zero-order valence-corrected chi connectivity index (χ0v) is 17.5. The van der Waals surface area contributed by atoms with E-state index in [1.54, 1.807) is 0 Å². The van der Waals surface area contributed by atoms with Gasteiger partial charge in [0.15, 0.2) is 0 Å². The summed E-state index contributed by atoms with van der Waals surface area (Å²) in [7, 11) is 0. The number of nitrogens with two attached hydrogens (primary N) is 1. The van der Waals surface area contributed by atoms with Gasteiger partial charge in [0.05, 0.1) is 5.56 Å². The molecule has 1 aromatic carbocycles. The lowest BCUT2D eigenvalue weighted by Crippen LogP contribution is -2.20. The molecule has 0 atom stereocenters. The smallest absolute Gasteiger partial charge is 0.366 e.